The second-order valence-corrected chi connectivity index (χ2v) is 6.76. The highest BCUT2D eigenvalue weighted by atomic mass is 32.1. The lowest BCUT2D eigenvalue weighted by Gasteiger charge is -2.13. The molecule has 0 radical (unpaired) electrons. The molecule has 4 heteroatoms. The Morgan fingerprint density at radius 3 is 2.89 bits per heavy atom. The molecule has 98 valence electrons. The molecule has 2 heterocycles. The normalized spacial score (nSPS) is 12.9. The van der Waals surface area contributed by atoms with Crippen molar-refractivity contribution < 1.29 is 0 Å². The molecule has 0 aliphatic heterocycles. The van der Waals surface area contributed by atoms with Crippen molar-refractivity contribution in [2.75, 3.05) is 7.05 Å². The molecule has 2 aromatic heterocycles. The molecule has 0 amide bonds. The minimum Gasteiger partial charge on any atom is -0.312 e. The van der Waals surface area contributed by atoms with Crippen molar-refractivity contribution in [1.82, 2.24) is 10.3 Å². The molecular formula is C15H16N2S2. The van der Waals surface area contributed by atoms with Gasteiger partial charge < -0.3 is 5.32 Å². The quantitative estimate of drug-likeness (QED) is 0.779. The van der Waals surface area contributed by atoms with Crippen molar-refractivity contribution in [2.45, 2.75) is 19.4 Å². The molecule has 1 atom stereocenters. The first-order valence-electron chi connectivity index (χ1n) is 6.32. The molecule has 2 nitrogen and oxygen atoms in total. The summed E-state index contributed by atoms with van der Waals surface area (Å²) in [5.74, 6) is 0. The molecular weight excluding hydrogens is 272 g/mol. The highest BCUT2D eigenvalue weighted by Crippen LogP contribution is 2.30. The van der Waals surface area contributed by atoms with E-state index in [1.54, 1.807) is 11.3 Å². The number of hydrogen-bond donors (Lipinski definition) is 1. The Morgan fingerprint density at radius 1 is 1.32 bits per heavy atom. The maximum absolute atomic E-state index is 4.36. The summed E-state index contributed by atoms with van der Waals surface area (Å²) in [6, 6.07) is 8.97. The fourth-order valence-corrected chi connectivity index (χ4v) is 4.17. The topological polar surface area (TPSA) is 24.9 Å². The number of aryl methyl sites for hydroxylation is 1. The maximum Gasteiger partial charge on any atom is 0.0897 e. The predicted molar refractivity (Wildman–Crippen MR) is 84.2 cm³/mol. The van der Waals surface area contributed by atoms with E-state index in [9.17, 15) is 0 Å². The fraction of sp³-hybridized carbons (Fsp3) is 0.267. The molecule has 0 saturated carbocycles. The Kier molecular flexibility index (Phi) is 3.64. The van der Waals surface area contributed by atoms with E-state index in [2.05, 4.69) is 46.9 Å². The van der Waals surface area contributed by atoms with E-state index in [0.717, 1.165) is 11.4 Å². The summed E-state index contributed by atoms with van der Waals surface area (Å²) >= 11 is 3.60. The largest absolute Gasteiger partial charge is 0.312 e. The molecule has 0 spiro atoms. The van der Waals surface area contributed by atoms with Gasteiger partial charge in [0.2, 0.25) is 0 Å². The van der Waals surface area contributed by atoms with Crippen LogP contribution in [0.25, 0.3) is 10.1 Å². The molecule has 0 aliphatic carbocycles. The van der Waals surface area contributed by atoms with Gasteiger partial charge in [0.05, 0.1) is 5.01 Å². The Labute approximate surface area is 121 Å². The molecule has 0 fully saturated rings. The van der Waals surface area contributed by atoms with E-state index >= 15 is 0 Å². The van der Waals surface area contributed by atoms with Crippen LogP contribution in [-0.4, -0.2) is 12.0 Å². The van der Waals surface area contributed by atoms with E-state index in [-0.39, 0.29) is 0 Å². The summed E-state index contributed by atoms with van der Waals surface area (Å²) < 4.78 is 1.37. The molecule has 1 aromatic carbocycles. The van der Waals surface area contributed by atoms with Crippen LogP contribution < -0.4 is 5.32 Å². The van der Waals surface area contributed by atoms with E-state index in [1.807, 2.05) is 24.6 Å². The summed E-state index contributed by atoms with van der Waals surface area (Å²) in [7, 11) is 2.02. The molecule has 0 bridgehead atoms. The second-order valence-electron chi connectivity index (χ2n) is 4.58. The van der Waals surface area contributed by atoms with Gasteiger partial charge in [-0.25, -0.2) is 4.98 Å². The minimum atomic E-state index is 0.351. The lowest BCUT2D eigenvalue weighted by Crippen LogP contribution is -2.17. The van der Waals surface area contributed by atoms with Gasteiger partial charge in [0, 0.05) is 21.8 Å². The van der Waals surface area contributed by atoms with Gasteiger partial charge in [-0.2, -0.15) is 0 Å². The third-order valence-corrected chi connectivity index (χ3v) is 5.36. The number of nitrogens with one attached hydrogen (secondary N) is 1. The van der Waals surface area contributed by atoms with Crippen LogP contribution in [0.4, 0.5) is 0 Å². The summed E-state index contributed by atoms with van der Waals surface area (Å²) in [5.41, 5.74) is 1.42. The number of fused-ring (bicyclic) bond motifs is 1. The van der Waals surface area contributed by atoms with Gasteiger partial charge in [0.25, 0.3) is 0 Å². The van der Waals surface area contributed by atoms with Crippen molar-refractivity contribution in [2.24, 2.45) is 0 Å². The van der Waals surface area contributed by atoms with E-state index in [0.29, 0.717) is 6.04 Å². The lowest BCUT2D eigenvalue weighted by molar-refractivity contribution is 0.603. The summed E-state index contributed by atoms with van der Waals surface area (Å²) in [6.07, 6.45) is 3.01. The molecule has 1 N–H and O–H groups in total. The van der Waals surface area contributed by atoms with E-state index in [1.165, 1.54) is 20.5 Å². The van der Waals surface area contributed by atoms with Gasteiger partial charge in [-0.3, -0.25) is 0 Å². The molecule has 0 aliphatic rings. The predicted octanol–water partition coefficient (Wildman–Crippen LogP) is 4.17. The van der Waals surface area contributed by atoms with Crippen LogP contribution in [0.5, 0.6) is 0 Å². The monoisotopic (exact) mass is 288 g/mol. The van der Waals surface area contributed by atoms with Crippen molar-refractivity contribution >= 4 is 32.8 Å². The smallest absolute Gasteiger partial charge is 0.0897 e. The van der Waals surface area contributed by atoms with Crippen molar-refractivity contribution in [1.29, 1.82) is 0 Å². The third kappa shape index (κ3) is 2.56. The number of thiophene rings is 1. The van der Waals surface area contributed by atoms with Crippen LogP contribution in [0.3, 0.4) is 0 Å². The third-order valence-electron chi connectivity index (χ3n) is 3.32. The standard InChI is InChI=1S/C15H16N2S2/c1-10-17-8-15(19-10)13(16-2)7-11-9-18-14-6-4-3-5-12(11)14/h3-6,8-9,13,16H,7H2,1-2H3. The molecule has 1 unspecified atom stereocenters. The van der Waals surface area contributed by atoms with Crippen LogP contribution in [-0.2, 0) is 6.42 Å². The lowest BCUT2D eigenvalue weighted by atomic mass is 10.0. The van der Waals surface area contributed by atoms with Crippen molar-refractivity contribution in [3.63, 3.8) is 0 Å². The number of hydrogen-bond acceptors (Lipinski definition) is 4. The number of benzene rings is 1. The molecule has 0 saturated heterocycles. The van der Waals surface area contributed by atoms with E-state index in [4.69, 9.17) is 0 Å². The number of likely N-dealkylation sites (N-methyl/N-ethyl adjacent to an activating group) is 1. The SMILES string of the molecule is CNC(Cc1csc2ccccc12)c1cnc(C)s1. The van der Waals surface area contributed by atoms with Crippen LogP contribution in [0.2, 0.25) is 0 Å². The van der Waals surface area contributed by atoms with E-state index < -0.39 is 0 Å². The Morgan fingerprint density at radius 2 is 2.16 bits per heavy atom. The first-order valence-corrected chi connectivity index (χ1v) is 8.02. The highest BCUT2D eigenvalue weighted by molar-refractivity contribution is 7.17. The minimum absolute atomic E-state index is 0.351. The zero-order valence-electron chi connectivity index (χ0n) is 11.0. The molecule has 19 heavy (non-hydrogen) atoms. The van der Waals surface area contributed by atoms with Crippen LogP contribution in [0, 0.1) is 6.92 Å². The number of nitrogens with zero attached hydrogens (tertiary/aromatic N) is 1. The number of rotatable bonds is 4. The zero-order valence-corrected chi connectivity index (χ0v) is 12.6. The summed E-state index contributed by atoms with van der Waals surface area (Å²) in [4.78, 5) is 5.67. The molecule has 3 rings (SSSR count). The molecule has 3 aromatic rings. The number of aromatic nitrogens is 1. The van der Waals surface area contributed by atoms with Crippen LogP contribution in [0.15, 0.2) is 35.8 Å². The Hall–Kier alpha value is -1.23. The van der Waals surface area contributed by atoms with Gasteiger partial charge in [-0.05, 0) is 42.8 Å². The summed E-state index contributed by atoms with van der Waals surface area (Å²) in [5, 5.41) is 8.20. The first-order chi connectivity index (χ1) is 9.28. The van der Waals surface area contributed by atoms with Crippen molar-refractivity contribution in [3.8, 4) is 0 Å². The first kappa shape index (κ1) is 12.8. The van der Waals surface area contributed by atoms with Gasteiger partial charge in [-0.15, -0.1) is 22.7 Å². The van der Waals surface area contributed by atoms with Crippen LogP contribution in [0.1, 0.15) is 21.5 Å². The Balaban J connectivity index is 1.90. The van der Waals surface area contributed by atoms with Gasteiger partial charge in [0.1, 0.15) is 0 Å². The van der Waals surface area contributed by atoms with Gasteiger partial charge in [0.15, 0.2) is 0 Å². The second kappa shape index (κ2) is 5.41. The van der Waals surface area contributed by atoms with Gasteiger partial charge >= 0.3 is 0 Å². The van der Waals surface area contributed by atoms with Crippen LogP contribution >= 0.6 is 22.7 Å². The highest BCUT2D eigenvalue weighted by Gasteiger charge is 2.15. The number of thiazole rings is 1. The maximum atomic E-state index is 4.36. The summed E-state index contributed by atoms with van der Waals surface area (Å²) in [6.45, 7) is 2.06. The average Bonchev–Trinajstić information content (AvgIpc) is 3.03. The van der Waals surface area contributed by atoms with Gasteiger partial charge in [-0.1, -0.05) is 18.2 Å². The van der Waals surface area contributed by atoms with Crippen molar-refractivity contribution in [3.05, 3.63) is 51.3 Å². The zero-order chi connectivity index (χ0) is 13.2. The Bertz CT molecular complexity index is 684. The fourth-order valence-electron chi connectivity index (χ4n) is 2.29. The average molecular weight is 288 g/mol.